The molecule has 0 saturated heterocycles. The van der Waals surface area contributed by atoms with Crippen LogP contribution >= 0.6 is 28.3 Å². The summed E-state index contributed by atoms with van der Waals surface area (Å²) in [5, 5.41) is 8.51. The van der Waals surface area contributed by atoms with E-state index in [-0.39, 0.29) is 22.4 Å². The monoisotopic (exact) mass is 296 g/mol. The third-order valence-corrected chi connectivity index (χ3v) is 2.43. The highest BCUT2D eigenvalue weighted by Crippen LogP contribution is 2.28. The zero-order valence-corrected chi connectivity index (χ0v) is 10.1. The molecule has 0 aromatic heterocycles. The van der Waals surface area contributed by atoms with Crippen LogP contribution in [0.2, 0.25) is 0 Å². The number of rotatable bonds is 1. The third-order valence-electron chi connectivity index (χ3n) is 1.77. The van der Waals surface area contributed by atoms with Gasteiger partial charge in [-0.15, -0.1) is 12.4 Å². The molecule has 15 heavy (non-hydrogen) atoms. The van der Waals surface area contributed by atoms with E-state index >= 15 is 0 Å². The van der Waals surface area contributed by atoms with E-state index in [1.54, 1.807) is 6.92 Å². The Morgan fingerprint density at radius 3 is 2.47 bits per heavy atom. The highest BCUT2D eigenvalue weighted by molar-refractivity contribution is 9.10. The van der Waals surface area contributed by atoms with Crippen LogP contribution in [0.1, 0.15) is 24.1 Å². The maximum absolute atomic E-state index is 13.5. The lowest BCUT2D eigenvalue weighted by atomic mass is 10.0. The Bertz CT molecular complexity index is 416. The Kier molecular flexibility index (Phi) is 5.15. The van der Waals surface area contributed by atoms with E-state index < -0.39 is 23.2 Å². The first-order valence-electron chi connectivity index (χ1n) is 3.82. The molecule has 6 heteroatoms. The maximum atomic E-state index is 13.5. The van der Waals surface area contributed by atoms with Gasteiger partial charge in [0.15, 0.2) is 0 Å². The van der Waals surface area contributed by atoms with Crippen LogP contribution in [0.25, 0.3) is 0 Å². The molecule has 1 rings (SSSR count). The molecule has 0 heterocycles. The molecular weight excluding hydrogens is 289 g/mol. The molecule has 0 saturated carbocycles. The first-order valence-corrected chi connectivity index (χ1v) is 4.61. The maximum Gasteiger partial charge on any atom is 0.149 e. The lowest BCUT2D eigenvalue weighted by Gasteiger charge is -2.11. The topological polar surface area (TPSA) is 49.8 Å². The SMILES string of the molecule is C[C@H](N)c1c(Br)cc(F)c(C#N)c1F.Cl. The number of benzene rings is 1. The Balaban J connectivity index is 0.00000196. The van der Waals surface area contributed by atoms with Crippen LogP contribution in [0.4, 0.5) is 8.78 Å². The number of nitrogens with zero attached hydrogens (tertiary/aromatic N) is 1. The van der Waals surface area contributed by atoms with Gasteiger partial charge in [-0.25, -0.2) is 8.78 Å². The lowest BCUT2D eigenvalue weighted by molar-refractivity contribution is 0.554. The Morgan fingerprint density at radius 2 is 2.07 bits per heavy atom. The second-order valence-corrected chi connectivity index (χ2v) is 3.70. The van der Waals surface area contributed by atoms with Gasteiger partial charge in [0, 0.05) is 16.1 Å². The van der Waals surface area contributed by atoms with Gasteiger partial charge < -0.3 is 5.73 Å². The molecule has 0 amide bonds. The van der Waals surface area contributed by atoms with Crippen LogP contribution in [-0.4, -0.2) is 0 Å². The summed E-state index contributed by atoms with van der Waals surface area (Å²) in [5.41, 5.74) is 5.00. The fraction of sp³-hybridized carbons (Fsp3) is 0.222. The van der Waals surface area contributed by atoms with Crippen molar-refractivity contribution in [1.29, 1.82) is 5.26 Å². The van der Waals surface area contributed by atoms with Crippen molar-refractivity contribution in [1.82, 2.24) is 0 Å². The second-order valence-electron chi connectivity index (χ2n) is 2.84. The summed E-state index contributed by atoms with van der Waals surface area (Å²) in [6.45, 7) is 1.56. The summed E-state index contributed by atoms with van der Waals surface area (Å²) in [4.78, 5) is 0. The van der Waals surface area contributed by atoms with E-state index in [9.17, 15) is 8.78 Å². The van der Waals surface area contributed by atoms with E-state index in [4.69, 9.17) is 11.0 Å². The molecule has 1 atom stereocenters. The molecule has 0 aliphatic heterocycles. The summed E-state index contributed by atoms with van der Waals surface area (Å²) in [5.74, 6) is -1.78. The summed E-state index contributed by atoms with van der Waals surface area (Å²) >= 11 is 2.99. The van der Waals surface area contributed by atoms with Gasteiger partial charge in [-0.05, 0) is 13.0 Å². The third kappa shape index (κ3) is 2.65. The molecular formula is C9H8BrClF2N2. The Morgan fingerprint density at radius 1 is 1.53 bits per heavy atom. The molecule has 2 nitrogen and oxygen atoms in total. The number of halogens is 4. The molecule has 0 bridgehead atoms. The summed E-state index contributed by atoms with van der Waals surface area (Å²) in [6, 6.07) is 1.90. The van der Waals surface area contributed by atoms with E-state index in [0.717, 1.165) is 6.07 Å². The van der Waals surface area contributed by atoms with Crippen molar-refractivity contribution in [3.8, 4) is 6.07 Å². The van der Waals surface area contributed by atoms with Crippen LogP contribution in [0, 0.1) is 23.0 Å². The molecule has 2 N–H and O–H groups in total. The van der Waals surface area contributed by atoms with Crippen molar-refractivity contribution in [3.63, 3.8) is 0 Å². The minimum absolute atomic E-state index is 0. The van der Waals surface area contributed by atoms with Gasteiger partial charge in [-0.1, -0.05) is 15.9 Å². The first-order chi connectivity index (χ1) is 6.49. The normalized spacial score (nSPS) is 11.5. The highest BCUT2D eigenvalue weighted by Gasteiger charge is 2.19. The molecule has 1 aromatic rings. The fourth-order valence-corrected chi connectivity index (χ4v) is 1.86. The number of hydrogen-bond donors (Lipinski definition) is 1. The van der Waals surface area contributed by atoms with Gasteiger partial charge in [0.25, 0.3) is 0 Å². The number of nitrogens with two attached hydrogens (primary N) is 1. The minimum atomic E-state index is -0.894. The molecule has 0 fully saturated rings. The molecule has 0 radical (unpaired) electrons. The lowest BCUT2D eigenvalue weighted by Crippen LogP contribution is -2.10. The van der Waals surface area contributed by atoms with E-state index in [0.29, 0.717) is 0 Å². The molecule has 0 aliphatic rings. The van der Waals surface area contributed by atoms with Crippen molar-refractivity contribution in [2.24, 2.45) is 5.73 Å². The van der Waals surface area contributed by atoms with Gasteiger partial charge in [0.1, 0.15) is 23.3 Å². The van der Waals surface area contributed by atoms with Crippen LogP contribution in [0.5, 0.6) is 0 Å². The van der Waals surface area contributed by atoms with Gasteiger partial charge in [-0.2, -0.15) is 5.26 Å². The quantitative estimate of drug-likeness (QED) is 0.866. The van der Waals surface area contributed by atoms with Crippen molar-refractivity contribution in [3.05, 3.63) is 33.3 Å². The van der Waals surface area contributed by atoms with Crippen molar-refractivity contribution in [2.75, 3.05) is 0 Å². The predicted molar refractivity (Wildman–Crippen MR) is 58.6 cm³/mol. The van der Waals surface area contributed by atoms with Crippen LogP contribution < -0.4 is 5.73 Å². The van der Waals surface area contributed by atoms with Gasteiger partial charge in [0.05, 0.1) is 0 Å². The predicted octanol–water partition coefficient (Wildman–Crippen LogP) is 3.04. The zero-order chi connectivity index (χ0) is 10.9. The second kappa shape index (κ2) is 5.40. The van der Waals surface area contributed by atoms with E-state index in [2.05, 4.69) is 15.9 Å². The molecule has 0 unspecified atom stereocenters. The first kappa shape index (κ1) is 14.3. The molecule has 82 valence electrons. The van der Waals surface area contributed by atoms with Crippen LogP contribution in [0.3, 0.4) is 0 Å². The molecule has 0 spiro atoms. The number of nitriles is 1. The van der Waals surface area contributed by atoms with Crippen LogP contribution in [-0.2, 0) is 0 Å². The fourth-order valence-electron chi connectivity index (χ4n) is 1.13. The Labute approximate surface area is 101 Å². The molecule has 0 aliphatic carbocycles. The van der Waals surface area contributed by atoms with Crippen molar-refractivity contribution in [2.45, 2.75) is 13.0 Å². The van der Waals surface area contributed by atoms with Crippen molar-refractivity contribution < 1.29 is 8.78 Å². The van der Waals surface area contributed by atoms with E-state index in [1.165, 1.54) is 6.07 Å². The van der Waals surface area contributed by atoms with E-state index in [1.807, 2.05) is 0 Å². The summed E-state index contributed by atoms with van der Waals surface area (Å²) in [7, 11) is 0. The molecule has 1 aromatic carbocycles. The standard InChI is InChI=1S/C9H7BrF2N2.ClH/c1-4(14)8-6(10)2-7(11)5(3-13)9(8)12;/h2,4H,14H2,1H3;1H/t4-;/m0./s1. The van der Waals surface area contributed by atoms with Crippen LogP contribution in [0.15, 0.2) is 10.5 Å². The van der Waals surface area contributed by atoms with Gasteiger partial charge in [-0.3, -0.25) is 0 Å². The average molecular weight is 298 g/mol. The van der Waals surface area contributed by atoms with Gasteiger partial charge >= 0.3 is 0 Å². The highest BCUT2D eigenvalue weighted by atomic mass is 79.9. The van der Waals surface area contributed by atoms with Gasteiger partial charge in [0.2, 0.25) is 0 Å². The van der Waals surface area contributed by atoms with Crippen molar-refractivity contribution >= 4 is 28.3 Å². The summed E-state index contributed by atoms with van der Waals surface area (Å²) in [6.07, 6.45) is 0. The largest absolute Gasteiger partial charge is 0.324 e. The Hall–Kier alpha value is -0.700. The zero-order valence-electron chi connectivity index (χ0n) is 7.72. The number of hydrogen-bond acceptors (Lipinski definition) is 2. The minimum Gasteiger partial charge on any atom is -0.324 e. The average Bonchev–Trinajstić information content (AvgIpc) is 2.02. The summed E-state index contributed by atoms with van der Waals surface area (Å²) < 4.78 is 26.7. The smallest absolute Gasteiger partial charge is 0.149 e.